The van der Waals surface area contributed by atoms with Crippen molar-refractivity contribution in [3.05, 3.63) is 55.7 Å². The third-order valence-corrected chi connectivity index (χ3v) is 5.14. The Labute approximate surface area is 158 Å². The molecule has 3 aromatic rings. The number of hydrogen-bond donors (Lipinski definition) is 1. The topological polar surface area (TPSA) is 89.8 Å². The molecule has 0 aliphatic rings. The Bertz CT molecular complexity index is 1100. The van der Waals surface area contributed by atoms with Crippen LogP contribution in [0.25, 0.3) is 11.2 Å². The maximum Gasteiger partial charge on any atom is 0.329 e. The number of benzene rings is 1. The second-order valence-corrected chi connectivity index (χ2v) is 7.45. The standard InChI is InChI=1S/C17H17ClN4O3S/c1-9(2)22-13-14(21(3)16(25)20-15(13)24)19-17(22)26-8-12(23)10-4-6-11(18)7-5-10/h4-7,9H,8H2,1-3H3,(H,20,24,25). The second-order valence-electron chi connectivity index (χ2n) is 6.07. The minimum atomic E-state index is -0.523. The minimum Gasteiger partial charge on any atom is -0.311 e. The van der Waals surface area contributed by atoms with E-state index in [1.807, 2.05) is 13.8 Å². The molecule has 1 N–H and O–H groups in total. The highest BCUT2D eigenvalue weighted by Gasteiger charge is 2.20. The molecule has 26 heavy (non-hydrogen) atoms. The van der Waals surface area contributed by atoms with E-state index < -0.39 is 11.2 Å². The molecule has 2 heterocycles. The smallest absolute Gasteiger partial charge is 0.311 e. The number of aromatic nitrogens is 4. The third-order valence-electron chi connectivity index (χ3n) is 3.93. The Morgan fingerprint density at radius 1 is 1.27 bits per heavy atom. The van der Waals surface area contributed by atoms with E-state index in [2.05, 4.69) is 9.97 Å². The van der Waals surface area contributed by atoms with Crippen LogP contribution in [-0.4, -0.2) is 30.6 Å². The first kappa shape index (κ1) is 18.5. The SMILES string of the molecule is CC(C)n1c(SCC(=O)c2ccc(Cl)cc2)nc2c1c(=O)[nH]c(=O)n2C. The average Bonchev–Trinajstić information content (AvgIpc) is 2.99. The number of Topliss-reactive ketones (excluding diaryl/α,β-unsaturated/α-hetero) is 1. The number of carbonyl (C=O) groups is 1. The van der Waals surface area contributed by atoms with Crippen molar-refractivity contribution in [2.75, 3.05) is 5.75 Å². The van der Waals surface area contributed by atoms with Gasteiger partial charge in [0.15, 0.2) is 22.1 Å². The summed E-state index contributed by atoms with van der Waals surface area (Å²) < 4.78 is 3.04. The minimum absolute atomic E-state index is 0.0632. The molecule has 0 fully saturated rings. The maximum atomic E-state index is 12.4. The zero-order chi connectivity index (χ0) is 19.0. The van der Waals surface area contributed by atoms with Crippen molar-refractivity contribution in [1.82, 2.24) is 19.1 Å². The number of carbonyl (C=O) groups excluding carboxylic acids is 1. The van der Waals surface area contributed by atoms with Crippen molar-refractivity contribution in [2.45, 2.75) is 25.0 Å². The van der Waals surface area contributed by atoms with Gasteiger partial charge in [-0.3, -0.25) is 19.1 Å². The van der Waals surface area contributed by atoms with Crippen LogP contribution in [0.3, 0.4) is 0 Å². The highest BCUT2D eigenvalue weighted by Crippen LogP contribution is 2.26. The fraction of sp³-hybridized carbons (Fsp3) is 0.294. The summed E-state index contributed by atoms with van der Waals surface area (Å²) in [5.74, 6) is 0.0839. The number of nitrogens with zero attached hydrogens (tertiary/aromatic N) is 3. The van der Waals surface area contributed by atoms with E-state index in [0.29, 0.717) is 26.9 Å². The Morgan fingerprint density at radius 2 is 1.92 bits per heavy atom. The van der Waals surface area contributed by atoms with Crippen LogP contribution in [0.15, 0.2) is 39.0 Å². The quantitative estimate of drug-likeness (QED) is 0.532. The zero-order valence-corrected chi connectivity index (χ0v) is 16.0. The molecular formula is C17H17ClN4O3S. The van der Waals surface area contributed by atoms with E-state index in [-0.39, 0.29) is 17.6 Å². The molecule has 0 unspecified atom stereocenters. The van der Waals surface area contributed by atoms with Crippen molar-refractivity contribution in [3.8, 4) is 0 Å². The van der Waals surface area contributed by atoms with Crippen molar-refractivity contribution in [3.63, 3.8) is 0 Å². The van der Waals surface area contributed by atoms with Gasteiger partial charge in [0, 0.05) is 23.7 Å². The van der Waals surface area contributed by atoms with Crippen LogP contribution < -0.4 is 11.2 Å². The highest BCUT2D eigenvalue weighted by molar-refractivity contribution is 7.99. The number of hydrogen-bond acceptors (Lipinski definition) is 5. The van der Waals surface area contributed by atoms with Gasteiger partial charge in [-0.15, -0.1) is 0 Å². The van der Waals surface area contributed by atoms with Gasteiger partial charge in [-0.2, -0.15) is 0 Å². The molecule has 0 atom stereocenters. The molecule has 3 rings (SSSR count). The summed E-state index contributed by atoms with van der Waals surface area (Å²) in [6, 6.07) is 6.61. The van der Waals surface area contributed by atoms with Crippen LogP contribution in [0.4, 0.5) is 0 Å². The Morgan fingerprint density at radius 3 is 2.54 bits per heavy atom. The molecule has 0 radical (unpaired) electrons. The van der Waals surface area contributed by atoms with E-state index in [1.165, 1.54) is 16.3 Å². The second kappa shape index (κ2) is 7.13. The molecule has 0 bridgehead atoms. The Hall–Kier alpha value is -2.32. The first-order valence-electron chi connectivity index (χ1n) is 7.92. The first-order valence-corrected chi connectivity index (χ1v) is 9.28. The van der Waals surface area contributed by atoms with Crippen LogP contribution in [0.5, 0.6) is 0 Å². The number of halogens is 1. The summed E-state index contributed by atoms with van der Waals surface area (Å²) in [6.07, 6.45) is 0. The Balaban J connectivity index is 1.98. The number of rotatable bonds is 5. The molecule has 136 valence electrons. The van der Waals surface area contributed by atoms with Gasteiger partial charge < -0.3 is 4.57 Å². The maximum absolute atomic E-state index is 12.4. The van der Waals surface area contributed by atoms with Crippen molar-refractivity contribution in [1.29, 1.82) is 0 Å². The molecule has 7 nitrogen and oxygen atoms in total. The molecule has 1 aromatic carbocycles. The summed E-state index contributed by atoms with van der Waals surface area (Å²) in [4.78, 5) is 43.2. The van der Waals surface area contributed by atoms with Crippen LogP contribution in [0.2, 0.25) is 5.02 Å². The largest absolute Gasteiger partial charge is 0.329 e. The normalized spacial score (nSPS) is 11.4. The molecule has 0 saturated carbocycles. The lowest BCUT2D eigenvalue weighted by atomic mass is 10.1. The predicted molar refractivity (Wildman–Crippen MR) is 102 cm³/mol. The first-order chi connectivity index (χ1) is 12.3. The monoisotopic (exact) mass is 392 g/mol. The lowest BCUT2D eigenvalue weighted by molar-refractivity contribution is 0.102. The summed E-state index contributed by atoms with van der Waals surface area (Å²) >= 11 is 7.07. The van der Waals surface area contributed by atoms with Crippen LogP contribution in [-0.2, 0) is 7.05 Å². The average molecular weight is 393 g/mol. The van der Waals surface area contributed by atoms with Gasteiger partial charge in [0.1, 0.15) is 0 Å². The molecular weight excluding hydrogens is 376 g/mol. The molecule has 0 saturated heterocycles. The third kappa shape index (κ3) is 3.34. The van der Waals surface area contributed by atoms with E-state index in [0.717, 1.165) is 0 Å². The van der Waals surface area contributed by atoms with Crippen molar-refractivity contribution in [2.24, 2.45) is 7.05 Å². The van der Waals surface area contributed by atoms with Crippen LogP contribution >= 0.6 is 23.4 Å². The van der Waals surface area contributed by atoms with Gasteiger partial charge in [-0.1, -0.05) is 23.4 Å². The van der Waals surface area contributed by atoms with Gasteiger partial charge in [-0.05, 0) is 38.1 Å². The number of aromatic amines is 1. The van der Waals surface area contributed by atoms with Gasteiger partial charge in [-0.25, -0.2) is 9.78 Å². The van der Waals surface area contributed by atoms with Gasteiger partial charge in [0.25, 0.3) is 5.56 Å². The van der Waals surface area contributed by atoms with E-state index in [4.69, 9.17) is 11.6 Å². The molecule has 9 heteroatoms. The van der Waals surface area contributed by atoms with Crippen molar-refractivity contribution >= 4 is 40.3 Å². The molecule has 0 amide bonds. The molecule has 0 spiro atoms. The Kier molecular flexibility index (Phi) is 5.06. The molecule has 0 aliphatic carbocycles. The van der Waals surface area contributed by atoms with Gasteiger partial charge in [0.2, 0.25) is 0 Å². The van der Waals surface area contributed by atoms with Gasteiger partial charge >= 0.3 is 5.69 Å². The summed E-state index contributed by atoms with van der Waals surface area (Å²) in [5, 5.41) is 1.08. The number of H-pyrrole nitrogens is 1. The number of thioether (sulfide) groups is 1. The highest BCUT2D eigenvalue weighted by atomic mass is 35.5. The number of ketones is 1. The number of aryl methyl sites for hydroxylation is 1. The van der Waals surface area contributed by atoms with E-state index >= 15 is 0 Å². The summed E-state index contributed by atoms with van der Waals surface area (Å²) in [6.45, 7) is 3.83. The fourth-order valence-corrected chi connectivity index (χ4v) is 3.76. The van der Waals surface area contributed by atoms with Crippen LogP contribution in [0.1, 0.15) is 30.2 Å². The fourth-order valence-electron chi connectivity index (χ4n) is 2.61. The number of fused-ring (bicyclic) bond motifs is 1. The zero-order valence-electron chi connectivity index (χ0n) is 14.4. The van der Waals surface area contributed by atoms with E-state index in [1.54, 1.807) is 35.9 Å². The van der Waals surface area contributed by atoms with Gasteiger partial charge in [0.05, 0.1) is 5.75 Å². The lowest BCUT2D eigenvalue weighted by Crippen LogP contribution is -2.29. The molecule has 0 aliphatic heterocycles. The summed E-state index contributed by atoms with van der Waals surface area (Å²) in [5.41, 5.74) is 0.168. The van der Waals surface area contributed by atoms with Crippen LogP contribution in [0, 0.1) is 0 Å². The van der Waals surface area contributed by atoms with Crippen molar-refractivity contribution < 1.29 is 4.79 Å². The molecule has 2 aromatic heterocycles. The summed E-state index contributed by atoms with van der Waals surface area (Å²) in [7, 11) is 1.55. The number of nitrogens with one attached hydrogen (secondary N) is 1. The predicted octanol–water partition coefficient (Wildman–Crippen LogP) is 2.63. The lowest BCUT2D eigenvalue weighted by Gasteiger charge is -2.11. The van der Waals surface area contributed by atoms with E-state index in [9.17, 15) is 14.4 Å². The number of imidazole rings is 1.